The van der Waals surface area contributed by atoms with Gasteiger partial charge in [0.1, 0.15) is 7.05 Å². The Morgan fingerprint density at radius 3 is 2.37 bits per heavy atom. The molecule has 3 rings (SSSR count). The molecule has 2 N–H and O–H groups in total. The van der Waals surface area contributed by atoms with Crippen molar-refractivity contribution in [1.29, 1.82) is 0 Å². The SMILES string of the molecule is C[N+](c1ccccc1)=c1sc2ccc(N)cc2s1.[I-]. The van der Waals surface area contributed by atoms with Crippen LogP contribution in [-0.2, 0) is 0 Å². The van der Waals surface area contributed by atoms with E-state index in [9.17, 15) is 0 Å². The van der Waals surface area contributed by atoms with Crippen LogP contribution in [0.4, 0.5) is 11.4 Å². The van der Waals surface area contributed by atoms with E-state index in [0.29, 0.717) is 0 Å². The summed E-state index contributed by atoms with van der Waals surface area (Å²) in [5, 5.41) is 0. The molecule has 0 aliphatic carbocycles. The Balaban J connectivity index is 0.00000133. The summed E-state index contributed by atoms with van der Waals surface area (Å²) >= 11 is 3.58. The van der Waals surface area contributed by atoms with Gasteiger partial charge in [0, 0.05) is 17.8 Å². The predicted molar refractivity (Wildman–Crippen MR) is 81.4 cm³/mol. The van der Waals surface area contributed by atoms with Crippen LogP contribution in [0.15, 0.2) is 48.5 Å². The van der Waals surface area contributed by atoms with Gasteiger partial charge in [-0.2, -0.15) is 4.58 Å². The van der Waals surface area contributed by atoms with Crippen LogP contribution in [0, 0.1) is 0 Å². The summed E-state index contributed by atoms with van der Waals surface area (Å²) < 4.78 is 6.01. The molecular weight excluding hydrogens is 387 g/mol. The van der Waals surface area contributed by atoms with E-state index in [-0.39, 0.29) is 24.0 Å². The molecule has 2 aromatic carbocycles. The van der Waals surface area contributed by atoms with E-state index in [4.69, 9.17) is 5.73 Å². The molecule has 0 radical (unpaired) electrons. The minimum Gasteiger partial charge on any atom is -1.00 e. The number of anilines is 1. The molecule has 0 bridgehead atoms. The summed E-state index contributed by atoms with van der Waals surface area (Å²) in [7, 11) is 2.10. The van der Waals surface area contributed by atoms with Crippen molar-refractivity contribution in [2.45, 2.75) is 0 Å². The van der Waals surface area contributed by atoms with Gasteiger partial charge in [0.25, 0.3) is 0 Å². The molecule has 0 aliphatic heterocycles. The first-order valence-corrected chi connectivity index (χ1v) is 7.28. The van der Waals surface area contributed by atoms with E-state index in [1.165, 1.54) is 19.1 Å². The lowest BCUT2D eigenvalue weighted by atomic mass is 10.3. The van der Waals surface area contributed by atoms with Gasteiger partial charge in [0.05, 0.1) is 9.40 Å². The average molecular weight is 400 g/mol. The molecule has 98 valence electrons. The van der Waals surface area contributed by atoms with Gasteiger partial charge >= 0.3 is 3.98 Å². The third-order valence-electron chi connectivity index (χ3n) is 2.78. The highest BCUT2D eigenvalue weighted by atomic mass is 127. The van der Waals surface area contributed by atoms with Gasteiger partial charge in [-0.15, -0.1) is 0 Å². The number of halogens is 1. The maximum Gasteiger partial charge on any atom is 0.320 e. The molecule has 0 unspecified atom stereocenters. The molecular formula is C14H13IN2S2. The van der Waals surface area contributed by atoms with Crippen molar-refractivity contribution in [3.05, 3.63) is 52.5 Å². The molecule has 2 nitrogen and oxygen atoms in total. The molecule has 0 aliphatic rings. The second-order valence-electron chi connectivity index (χ2n) is 4.07. The third kappa shape index (κ3) is 2.98. The molecule has 0 fully saturated rings. The first-order valence-electron chi connectivity index (χ1n) is 5.65. The molecule has 5 heteroatoms. The topological polar surface area (TPSA) is 29.0 Å². The van der Waals surface area contributed by atoms with Gasteiger partial charge in [-0.25, -0.2) is 0 Å². The number of hydrogen-bond donors (Lipinski definition) is 1. The molecule has 1 heterocycles. The largest absolute Gasteiger partial charge is 1.00 e. The Labute approximate surface area is 136 Å². The van der Waals surface area contributed by atoms with Gasteiger partial charge in [0.15, 0.2) is 0 Å². The standard InChI is InChI=1S/C14H13N2S2.HI/c1-16(11-5-3-2-4-6-11)14-17-12-8-7-10(15)9-13(12)18-14;/h2-9H,15H2,1H3;1H/q+1;/p-1. The monoisotopic (exact) mass is 400 g/mol. The molecule has 0 spiro atoms. The predicted octanol–water partition coefficient (Wildman–Crippen LogP) is 0.283. The van der Waals surface area contributed by atoms with E-state index < -0.39 is 0 Å². The highest BCUT2D eigenvalue weighted by Crippen LogP contribution is 2.23. The van der Waals surface area contributed by atoms with Gasteiger partial charge in [0.2, 0.25) is 5.69 Å². The average Bonchev–Trinajstić information content (AvgIpc) is 2.81. The molecule has 3 aromatic rings. The molecule has 1 aromatic heterocycles. The van der Waals surface area contributed by atoms with Gasteiger partial charge in [-0.3, -0.25) is 0 Å². The summed E-state index contributed by atoms with van der Waals surface area (Å²) in [5.74, 6) is 0. The molecule has 0 atom stereocenters. The fourth-order valence-corrected chi connectivity index (χ4v) is 4.27. The summed E-state index contributed by atoms with van der Waals surface area (Å²) in [6.45, 7) is 0. The van der Waals surface area contributed by atoms with Crippen LogP contribution in [0.2, 0.25) is 0 Å². The first kappa shape index (κ1) is 14.5. The van der Waals surface area contributed by atoms with E-state index in [2.05, 4.69) is 42.0 Å². The summed E-state index contributed by atoms with van der Waals surface area (Å²) in [4.78, 5) is 0. The fraction of sp³-hybridized carbons (Fsp3) is 0.0714. The number of nitrogens with zero attached hydrogens (tertiary/aromatic N) is 1. The number of nitrogen functional groups attached to an aromatic ring is 1. The highest BCUT2D eigenvalue weighted by molar-refractivity contribution is 7.35. The number of benzene rings is 2. The Kier molecular flexibility index (Phi) is 4.59. The van der Waals surface area contributed by atoms with Crippen molar-refractivity contribution < 1.29 is 24.0 Å². The van der Waals surface area contributed by atoms with Crippen LogP contribution in [0.1, 0.15) is 0 Å². The van der Waals surface area contributed by atoms with Crippen LogP contribution >= 0.6 is 22.7 Å². The Hall–Kier alpha value is -0.920. The van der Waals surface area contributed by atoms with Gasteiger partial charge in [-0.1, -0.05) is 40.9 Å². The highest BCUT2D eigenvalue weighted by Gasteiger charge is 2.08. The maximum absolute atomic E-state index is 5.82. The summed E-state index contributed by atoms with van der Waals surface area (Å²) in [6.07, 6.45) is 0. The summed E-state index contributed by atoms with van der Waals surface area (Å²) in [5.41, 5.74) is 7.84. The van der Waals surface area contributed by atoms with Gasteiger partial charge in [-0.05, 0) is 18.2 Å². The van der Waals surface area contributed by atoms with E-state index in [1.54, 1.807) is 22.7 Å². The first-order chi connectivity index (χ1) is 8.74. The zero-order valence-electron chi connectivity index (χ0n) is 10.3. The van der Waals surface area contributed by atoms with Crippen LogP contribution < -0.4 is 38.3 Å². The number of hydrogen-bond acceptors (Lipinski definition) is 3. The number of rotatable bonds is 1. The zero-order chi connectivity index (χ0) is 12.5. The lowest BCUT2D eigenvalue weighted by molar-refractivity contribution is -0.00000343. The second-order valence-corrected chi connectivity index (χ2v) is 6.39. The minimum absolute atomic E-state index is 0. The van der Waals surface area contributed by atoms with Crippen molar-refractivity contribution in [2.75, 3.05) is 12.8 Å². The normalized spacial score (nSPS) is 12.1. The maximum atomic E-state index is 5.82. The minimum atomic E-state index is 0. The van der Waals surface area contributed by atoms with E-state index >= 15 is 0 Å². The Bertz CT molecular complexity index is 760. The summed E-state index contributed by atoms with van der Waals surface area (Å²) in [6, 6.07) is 16.5. The third-order valence-corrected chi connectivity index (χ3v) is 5.44. The smallest absolute Gasteiger partial charge is 0.320 e. The lowest BCUT2D eigenvalue weighted by Gasteiger charge is -1.91. The molecule has 19 heavy (non-hydrogen) atoms. The zero-order valence-corrected chi connectivity index (χ0v) is 14.1. The molecule has 0 saturated carbocycles. The van der Waals surface area contributed by atoms with Crippen LogP contribution in [0.25, 0.3) is 9.40 Å². The number of para-hydroxylation sites is 1. The van der Waals surface area contributed by atoms with Crippen molar-refractivity contribution in [2.24, 2.45) is 0 Å². The lowest BCUT2D eigenvalue weighted by Crippen LogP contribution is -3.00. The number of fused-ring (bicyclic) bond motifs is 1. The van der Waals surface area contributed by atoms with Crippen molar-refractivity contribution in [3.63, 3.8) is 0 Å². The van der Waals surface area contributed by atoms with Crippen molar-refractivity contribution in [3.8, 4) is 0 Å². The van der Waals surface area contributed by atoms with Crippen molar-refractivity contribution in [1.82, 2.24) is 4.58 Å². The van der Waals surface area contributed by atoms with Gasteiger partial charge < -0.3 is 29.7 Å². The van der Waals surface area contributed by atoms with E-state index in [0.717, 1.165) is 5.69 Å². The fourth-order valence-electron chi connectivity index (χ4n) is 1.79. The van der Waals surface area contributed by atoms with Crippen LogP contribution in [0.5, 0.6) is 0 Å². The molecule has 0 amide bonds. The van der Waals surface area contributed by atoms with Crippen LogP contribution in [0.3, 0.4) is 0 Å². The number of nitrogens with two attached hydrogens (primary N) is 1. The Morgan fingerprint density at radius 2 is 1.63 bits per heavy atom. The van der Waals surface area contributed by atoms with Crippen molar-refractivity contribution >= 4 is 43.4 Å². The molecule has 0 saturated heterocycles. The second kappa shape index (κ2) is 6.02. The quantitative estimate of drug-likeness (QED) is 0.355. The van der Waals surface area contributed by atoms with E-state index in [1.807, 2.05) is 18.2 Å². The van der Waals surface area contributed by atoms with Crippen LogP contribution in [-0.4, -0.2) is 7.05 Å². The Morgan fingerprint density at radius 1 is 0.947 bits per heavy atom.